The molecular formula is C14H29NS. The van der Waals surface area contributed by atoms with Crippen LogP contribution in [0.2, 0.25) is 0 Å². The van der Waals surface area contributed by atoms with Crippen molar-refractivity contribution >= 4 is 11.8 Å². The number of hydrogen-bond acceptors (Lipinski definition) is 2. The first-order valence-corrected chi connectivity index (χ1v) is 8.03. The van der Waals surface area contributed by atoms with Crippen LogP contribution in [0.15, 0.2) is 0 Å². The van der Waals surface area contributed by atoms with E-state index in [4.69, 9.17) is 0 Å². The third-order valence-electron chi connectivity index (χ3n) is 3.35. The average molecular weight is 243 g/mol. The number of thioether (sulfide) groups is 1. The first-order valence-electron chi connectivity index (χ1n) is 6.98. The van der Waals surface area contributed by atoms with Crippen LogP contribution in [0.1, 0.15) is 53.4 Å². The van der Waals surface area contributed by atoms with E-state index >= 15 is 0 Å². The first-order chi connectivity index (χ1) is 7.63. The second-order valence-electron chi connectivity index (χ2n) is 5.74. The summed E-state index contributed by atoms with van der Waals surface area (Å²) in [5.41, 5.74) is 0. The van der Waals surface area contributed by atoms with E-state index in [0.29, 0.717) is 0 Å². The molecule has 0 aromatic carbocycles. The van der Waals surface area contributed by atoms with Crippen LogP contribution in [0.25, 0.3) is 0 Å². The summed E-state index contributed by atoms with van der Waals surface area (Å²) in [5, 5.41) is 4.60. The Morgan fingerprint density at radius 3 is 2.69 bits per heavy atom. The van der Waals surface area contributed by atoms with Crippen LogP contribution in [-0.2, 0) is 0 Å². The van der Waals surface area contributed by atoms with Crippen LogP contribution in [0.5, 0.6) is 0 Å². The van der Waals surface area contributed by atoms with E-state index in [9.17, 15) is 0 Å². The molecule has 0 amide bonds. The molecule has 2 heteroatoms. The molecule has 0 bridgehead atoms. The fourth-order valence-electron chi connectivity index (χ4n) is 2.39. The van der Waals surface area contributed by atoms with Gasteiger partial charge in [0.25, 0.3) is 0 Å². The molecule has 0 aromatic heterocycles. The molecule has 0 aromatic rings. The second-order valence-corrected chi connectivity index (χ2v) is 7.02. The van der Waals surface area contributed by atoms with Gasteiger partial charge in [-0.25, -0.2) is 0 Å². The first kappa shape index (κ1) is 14.4. The smallest absolute Gasteiger partial charge is 0.0203 e. The molecule has 0 spiro atoms. The Kier molecular flexibility index (Phi) is 6.83. The molecule has 1 aliphatic carbocycles. The summed E-state index contributed by atoms with van der Waals surface area (Å²) in [6, 6.07) is 0.778. The molecule has 0 radical (unpaired) electrons. The van der Waals surface area contributed by atoms with Crippen molar-refractivity contribution in [3.05, 3.63) is 0 Å². The van der Waals surface area contributed by atoms with Gasteiger partial charge in [-0.2, -0.15) is 11.8 Å². The van der Waals surface area contributed by atoms with Crippen molar-refractivity contribution in [3.63, 3.8) is 0 Å². The Hall–Kier alpha value is 0.310. The predicted molar refractivity (Wildman–Crippen MR) is 76.2 cm³/mol. The third-order valence-corrected chi connectivity index (χ3v) is 5.16. The molecule has 1 aliphatic rings. The normalized spacial score (nSPS) is 30.9. The van der Waals surface area contributed by atoms with Gasteiger partial charge in [0.1, 0.15) is 0 Å². The number of rotatable bonds is 6. The van der Waals surface area contributed by atoms with Crippen molar-refractivity contribution in [2.75, 3.05) is 12.3 Å². The SMILES string of the molecule is CCCNC1CCC(C)CC1SCC(C)C. The lowest BCUT2D eigenvalue weighted by atomic mass is 9.87. The summed E-state index contributed by atoms with van der Waals surface area (Å²) >= 11 is 2.21. The van der Waals surface area contributed by atoms with E-state index in [-0.39, 0.29) is 0 Å². The van der Waals surface area contributed by atoms with Gasteiger partial charge in [0.05, 0.1) is 0 Å². The molecule has 3 unspecified atom stereocenters. The molecule has 1 saturated carbocycles. The Morgan fingerprint density at radius 1 is 1.31 bits per heavy atom. The van der Waals surface area contributed by atoms with Crippen LogP contribution in [-0.4, -0.2) is 23.6 Å². The molecule has 96 valence electrons. The summed E-state index contributed by atoms with van der Waals surface area (Å²) in [5.74, 6) is 3.08. The van der Waals surface area contributed by atoms with Crippen LogP contribution in [0.4, 0.5) is 0 Å². The Labute approximate surface area is 106 Å². The van der Waals surface area contributed by atoms with Gasteiger partial charge in [-0.3, -0.25) is 0 Å². The van der Waals surface area contributed by atoms with Gasteiger partial charge in [-0.05, 0) is 49.8 Å². The molecule has 1 nitrogen and oxygen atoms in total. The third kappa shape index (κ3) is 5.09. The fraction of sp³-hybridized carbons (Fsp3) is 1.00. The average Bonchev–Trinajstić information content (AvgIpc) is 2.25. The van der Waals surface area contributed by atoms with Gasteiger partial charge in [-0.1, -0.05) is 27.7 Å². The standard InChI is InChI=1S/C14H29NS/c1-5-8-15-13-7-6-12(4)9-14(13)16-10-11(2)3/h11-15H,5-10H2,1-4H3. The fourth-order valence-corrected chi connectivity index (χ4v) is 3.95. The van der Waals surface area contributed by atoms with Crippen LogP contribution >= 0.6 is 11.8 Å². The van der Waals surface area contributed by atoms with E-state index < -0.39 is 0 Å². The van der Waals surface area contributed by atoms with E-state index in [1.54, 1.807) is 0 Å². The molecule has 1 N–H and O–H groups in total. The molecule has 1 fully saturated rings. The highest BCUT2D eigenvalue weighted by molar-refractivity contribution is 7.99. The second kappa shape index (κ2) is 7.60. The zero-order valence-corrected chi connectivity index (χ0v) is 12.3. The molecule has 0 heterocycles. The van der Waals surface area contributed by atoms with Gasteiger partial charge < -0.3 is 5.32 Å². The zero-order chi connectivity index (χ0) is 12.0. The van der Waals surface area contributed by atoms with Crippen molar-refractivity contribution < 1.29 is 0 Å². The lowest BCUT2D eigenvalue weighted by Crippen LogP contribution is -2.42. The topological polar surface area (TPSA) is 12.0 Å². The highest BCUT2D eigenvalue weighted by atomic mass is 32.2. The van der Waals surface area contributed by atoms with Crippen LogP contribution < -0.4 is 5.32 Å². The molecular weight excluding hydrogens is 214 g/mol. The monoisotopic (exact) mass is 243 g/mol. The minimum atomic E-state index is 0.778. The Balaban J connectivity index is 2.38. The van der Waals surface area contributed by atoms with E-state index in [1.807, 2.05) is 0 Å². The highest BCUT2D eigenvalue weighted by Crippen LogP contribution is 2.33. The predicted octanol–water partition coefficient (Wildman–Crippen LogP) is 3.93. The molecule has 1 rings (SSSR count). The quantitative estimate of drug-likeness (QED) is 0.758. The van der Waals surface area contributed by atoms with Crippen molar-refractivity contribution in [2.45, 2.75) is 64.7 Å². The molecule has 0 aliphatic heterocycles. The van der Waals surface area contributed by atoms with Crippen LogP contribution in [0.3, 0.4) is 0 Å². The summed E-state index contributed by atoms with van der Waals surface area (Å²) in [6.07, 6.45) is 5.48. The zero-order valence-electron chi connectivity index (χ0n) is 11.5. The van der Waals surface area contributed by atoms with Crippen LogP contribution in [0, 0.1) is 11.8 Å². The van der Waals surface area contributed by atoms with Gasteiger partial charge in [0.15, 0.2) is 0 Å². The van der Waals surface area contributed by atoms with Gasteiger partial charge in [0.2, 0.25) is 0 Å². The van der Waals surface area contributed by atoms with Crippen molar-refractivity contribution in [2.24, 2.45) is 11.8 Å². The lowest BCUT2D eigenvalue weighted by molar-refractivity contribution is 0.317. The number of nitrogens with one attached hydrogen (secondary N) is 1. The van der Waals surface area contributed by atoms with E-state index in [1.165, 1.54) is 38.0 Å². The summed E-state index contributed by atoms with van der Waals surface area (Å²) in [7, 11) is 0. The molecule has 3 atom stereocenters. The van der Waals surface area contributed by atoms with Crippen molar-refractivity contribution in [1.29, 1.82) is 0 Å². The largest absolute Gasteiger partial charge is 0.313 e. The maximum absolute atomic E-state index is 3.74. The minimum Gasteiger partial charge on any atom is -0.313 e. The Bertz CT molecular complexity index is 180. The summed E-state index contributed by atoms with van der Waals surface area (Å²) in [4.78, 5) is 0. The lowest BCUT2D eigenvalue weighted by Gasteiger charge is -2.35. The van der Waals surface area contributed by atoms with Gasteiger partial charge in [0, 0.05) is 11.3 Å². The van der Waals surface area contributed by atoms with Gasteiger partial charge in [-0.15, -0.1) is 0 Å². The highest BCUT2D eigenvalue weighted by Gasteiger charge is 2.28. The summed E-state index contributed by atoms with van der Waals surface area (Å²) in [6.45, 7) is 10.5. The maximum atomic E-state index is 3.74. The number of hydrogen-bond donors (Lipinski definition) is 1. The summed E-state index contributed by atoms with van der Waals surface area (Å²) < 4.78 is 0. The van der Waals surface area contributed by atoms with E-state index in [2.05, 4.69) is 44.8 Å². The van der Waals surface area contributed by atoms with Crippen molar-refractivity contribution in [3.8, 4) is 0 Å². The van der Waals surface area contributed by atoms with Gasteiger partial charge >= 0.3 is 0 Å². The van der Waals surface area contributed by atoms with E-state index in [0.717, 1.165) is 23.1 Å². The maximum Gasteiger partial charge on any atom is 0.0203 e. The van der Waals surface area contributed by atoms with Crippen molar-refractivity contribution in [1.82, 2.24) is 5.32 Å². The molecule has 16 heavy (non-hydrogen) atoms. The minimum absolute atomic E-state index is 0.778. The Morgan fingerprint density at radius 2 is 2.06 bits per heavy atom. The molecule has 0 saturated heterocycles.